The molecule has 1 rings (SSSR count). The van der Waals surface area contributed by atoms with Crippen molar-refractivity contribution in [3.05, 3.63) is 35.6 Å². The Hall–Kier alpha value is -1.42. The minimum absolute atomic E-state index is 0.125. The predicted molar refractivity (Wildman–Crippen MR) is 73.4 cm³/mol. The van der Waals surface area contributed by atoms with Gasteiger partial charge in [-0.3, -0.25) is 4.79 Å². The molecule has 3 nitrogen and oxygen atoms in total. The molecule has 0 heterocycles. The third kappa shape index (κ3) is 5.39. The van der Waals surface area contributed by atoms with E-state index in [1.165, 1.54) is 12.1 Å². The molecule has 0 aliphatic rings. The lowest BCUT2D eigenvalue weighted by Crippen LogP contribution is -2.43. The van der Waals surface area contributed by atoms with Gasteiger partial charge in [-0.15, -0.1) is 0 Å². The summed E-state index contributed by atoms with van der Waals surface area (Å²) in [6.45, 7) is 6.14. The van der Waals surface area contributed by atoms with Crippen LogP contribution in [0.3, 0.4) is 0 Å². The standard InChI is InChI=1S/C15H22FNO2/c1-4-14(15(18)19-5-2)17-11(3)10-12-6-8-13(16)9-7-12/h6-9,11,14,17H,4-5,10H2,1-3H3. The van der Waals surface area contributed by atoms with Crippen molar-refractivity contribution in [2.24, 2.45) is 0 Å². The maximum absolute atomic E-state index is 12.8. The molecule has 0 saturated heterocycles. The van der Waals surface area contributed by atoms with Gasteiger partial charge < -0.3 is 10.1 Å². The van der Waals surface area contributed by atoms with Crippen LogP contribution in [0.25, 0.3) is 0 Å². The Morgan fingerprint density at radius 2 is 1.95 bits per heavy atom. The number of ether oxygens (including phenoxy) is 1. The van der Waals surface area contributed by atoms with E-state index in [1.807, 2.05) is 13.8 Å². The Balaban J connectivity index is 2.50. The molecule has 19 heavy (non-hydrogen) atoms. The second-order valence-corrected chi connectivity index (χ2v) is 4.61. The third-order valence-electron chi connectivity index (χ3n) is 2.92. The average molecular weight is 267 g/mol. The molecule has 1 N–H and O–H groups in total. The van der Waals surface area contributed by atoms with Crippen LogP contribution in [0, 0.1) is 5.82 Å². The van der Waals surface area contributed by atoms with Crippen molar-refractivity contribution in [1.29, 1.82) is 0 Å². The van der Waals surface area contributed by atoms with Crippen molar-refractivity contribution in [2.75, 3.05) is 6.61 Å². The van der Waals surface area contributed by atoms with Gasteiger partial charge in [-0.25, -0.2) is 4.39 Å². The molecule has 2 unspecified atom stereocenters. The first-order chi connectivity index (χ1) is 9.06. The summed E-state index contributed by atoms with van der Waals surface area (Å²) in [6.07, 6.45) is 1.43. The summed E-state index contributed by atoms with van der Waals surface area (Å²) in [5.74, 6) is -0.446. The first-order valence-corrected chi connectivity index (χ1v) is 6.73. The van der Waals surface area contributed by atoms with Crippen molar-refractivity contribution in [2.45, 2.75) is 45.7 Å². The number of nitrogens with one attached hydrogen (secondary N) is 1. The SMILES string of the molecule is CCOC(=O)C(CC)NC(C)Cc1ccc(F)cc1. The van der Waals surface area contributed by atoms with Crippen molar-refractivity contribution >= 4 is 5.97 Å². The van der Waals surface area contributed by atoms with Gasteiger partial charge in [0.05, 0.1) is 6.61 Å². The zero-order valence-electron chi connectivity index (χ0n) is 11.8. The number of hydrogen-bond acceptors (Lipinski definition) is 3. The smallest absolute Gasteiger partial charge is 0.323 e. The molecule has 2 atom stereocenters. The van der Waals surface area contributed by atoms with Gasteiger partial charge >= 0.3 is 5.97 Å². The minimum atomic E-state index is -0.282. The molecule has 0 bridgehead atoms. The van der Waals surface area contributed by atoms with Crippen LogP contribution >= 0.6 is 0 Å². The first kappa shape index (κ1) is 15.6. The van der Waals surface area contributed by atoms with Gasteiger partial charge in [-0.05, 0) is 44.4 Å². The zero-order chi connectivity index (χ0) is 14.3. The van der Waals surface area contributed by atoms with E-state index in [0.717, 1.165) is 12.0 Å². The van der Waals surface area contributed by atoms with E-state index in [-0.39, 0.29) is 23.9 Å². The van der Waals surface area contributed by atoms with Crippen LogP contribution < -0.4 is 5.32 Å². The molecular weight excluding hydrogens is 245 g/mol. The Morgan fingerprint density at radius 3 is 2.47 bits per heavy atom. The van der Waals surface area contributed by atoms with E-state index in [2.05, 4.69) is 5.32 Å². The molecule has 0 saturated carbocycles. The first-order valence-electron chi connectivity index (χ1n) is 6.73. The van der Waals surface area contributed by atoms with E-state index < -0.39 is 0 Å². The summed E-state index contributed by atoms with van der Waals surface area (Å²) in [5, 5.41) is 3.25. The van der Waals surface area contributed by atoms with Crippen LogP contribution in [-0.2, 0) is 16.0 Å². The fourth-order valence-corrected chi connectivity index (χ4v) is 1.97. The summed E-state index contributed by atoms with van der Waals surface area (Å²) < 4.78 is 17.8. The topological polar surface area (TPSA) is 38.3 Å². The summed E-state index contributed by atoms with van der Waals surface area (Å²) in [4.78, 5) is 11.7. The van der Waals surface area contributed by atoms with Crippen molar-refractivity contribution in [3.8, 4) is 0 Å². The Morgan fingerprint density at radius 1 is 1.32 bits per heavy atom. The van der Waals surface area contributed by atoms with Gasteiger partial charge in [0.25, 0.3) is 0 Å². The van der Waals surface area contributed by atoms with E-state index in [4.69, 9.17) is 4.74 Å². The lowest BCUT2D eigenvalue weighted by molar-refractivity contribution is -0.145. The van der Waals surface area contributed by atoms with Crippen LogP contribution in [0.15, 0.2) is 24.3 Å². The number of rotatable bonds is 7. The third-order valence-corrected chi connectivity index (χ3v) is 2.92. The number of carbonyl (C=O) groups excluding carboxylic acids is 1. The monoisotopic (exact) mass is 267 g/mol. The van der Waals surface area contributed by atoms with E-state index in [0.29, 0.717) is 13.0 Å². The maximum atomic E-state index is 12.8. The van der Waals surface area contributed by atoms with Gasteiger partial charge in [-0.2, -0.15) is 0 Å². The normalized spacial score (nSPS) is 13.9. The van der Waals surface area contributed by atoms with Crippen molar-refractivity contribution in [3.63, 3.8) is 0 Å². The summed E-state index contributed by atoms with van der Waals surface area (Å²) >= 11 is 0. The largest absolute Gasteiger partial charge is 0.465 e. The number of benzene rings is 1. The van der Waals surface area contributed by atoms with Crippen LogP contribution in [-0.4, -0.2) is 24.7 Å². The molecule has 106 valence electrons. The molecule has 0 aromatic heterocycles. The molecule has 0 aliphatic carbocycles. The van der Waals surface area contributed by atoms with E-state index in [1.54, 1.807) is 19.1 Å². The molecule has 0 spiro atoms. The highest BCUT2D eigenvalue weighted by atomic mass is 19.1. The fraction of sp³-hybridized carbons (Fsp3) is 0.533. The van der Waals surface area contributed by atoms with Gasteiger partial charge in [-0.1, -0.05) is 19.1 Å². The molecule has 0 fully saturated rings. The lowest BCUT2D eigenvalue weighted by atomic mass is 10.1. The van der Waals surface area contributed by atoms with E-state index >= 15 is 0 Å². The maximum Gasteiger partial charge on any atom is 0.323 e. The lowest BCUT2D eigenvalue weighted by Gasteiger charge is -2.21. The quantitative estimate of drug-likeness (QED) is 0.772. The van der Waals surface area contributed by atoms with Gasteiger partial charge in [0, 0.05) is 6.04 Å². The van der Waals surface area contributed by atoms with Crippen LogP contribution in [0.5, 0.6) is 0 Å². The molecule has 1 aromatic carbocycles. The van der Waals surface area contributed by atoms with Crippen LogP contribution in [0.1, 0.15) is 32.8 Å². The Kier molecular flexibility index (Phi) is 6.50. The highest BCUT2D eigenvalue weighted by Crippen LogP contribution is 2.07. The molecule has 4 heteroatoms. The zero-order valence-corrected chi connectivity index (χ0v) is 11.8. The number of carbonyl (C=O) groups is 1. The predicted octanol–water partition coefficient (Wildman–Crippen LogP) is 2.69. The molecule has 0 amide bonds. The second-order valence-electron chi connectivity index (χ2n) is 4.61. The Bertz CT molecular complexity index is 392. The molecule has 0 radical (unpaired) electrons. The van der Waals surface area contributed by atoms with Crippen LogP contribution in [0.4, 0.5) is 4.39 Å². The summed E-state index contributed by atoms with van der Waals surface area (Å²) in [5.41, 5.74) is 1.04. The molecular formula is C15H22FNO2. The van der Waals surface area contributed by atoms with Gasteiger partial charge in [0.2, 0.25) is 0 Å². The average Bonchev–Trinajstić information content (AvgIpc) is 2.39. The number of halogens is 1. The fourth-order valence-electron chi connectivity index (χ4n) is 1.97. The summed E-state index contributed by atoms with van der Waals surface area (Å²) in [6, 6.07) is 6.27. The minimum Gasteiger partial charge on any atom is -0.465 e. The highest BCUT2D eigenvalue weighted by molar-refractivity contribution is 5.75. The number of hydrogen-bond donors (Lipinski definition) is 1. The van der Waals surface area contributed by atoms with Crippen LogP contribution in [0.2, 0.25) is 0 Å². The van der Waals surface area contributed by atoms with Crippen molar-refractivity contribution in [1.82, 2.24) is 5.32 Å². The summed E-state index contributed by atoms with van der Waals surface area (Å²) in [7, 11) is 0. The molecule has 0 aliphatic heterocycles. The van der Waals surface area contributed by atoms with E-state index in [9.17, 15) is 9.18 Å². The van der Waals surface area contributed by atoms with Gasteiger partial charge in [0.15, 0.2) is 0 Å². The second kappa shape index (κ2) is 7.89. The van der Waals surface area contributed by atoms with Crippen molar-refractivity contribution < 1.29 is 13.9 Å². The number of esters is 1. The Labute approximate surface area is 114 Å². The molecule has 1 aromatic rings. The highest BCUT2D eigenvalue weighted by Gasteiger charge is 2.19. The van der Waals surface area contributed by atoms with Gasteiger partial charge in [0.1, 0.15) is 11.9 Å².